The average molecular weight is 288 g/mol. The quantitative estimate of drug-likeness (QED) is 0.854. The summed E-state index contributed by atoms with van der Waals surface area (Å²) in [6.07, 6.45) is 4.92. The Hall–Kier alpha value is -1.66. The summed E-state index contributed by atoms with van der Waals surface area (Å²) >= 11 is 0. The number of fused-ring (bicyclic) bond motifs is 2. The first-order valence-electron chi connectivity index (χ1n) is 7.48. The number of hydrogen-bond acceptors (Lipinski definition) is 6. The molecule has 2 aromatic rings. The van der Waals surface area contributed by atoms with Crippen molar-refractivity contribution in [3.63, 3.8) is 0 Å². The lowest BCUT2D eigenvalue weighted by Gasteiger charge is -2.33. The summed E-state index contributed by atoms with van der Waals surface area (Å²) < 4.78 is 11.2. The van der Waals surface area contributed by atoms with Gasteiger partial charge in [0.05, 0.1) is 25.5 Å². The average Bonchev–Trinajstić information content (AvgIpc) is 3.18. The highest BCUT2D eigenvalue weighted by Crippen LogP contribution is 2.32. The lowest BCUT2D eigenvalue weighted by molar-refractivity contribution is 0.106. The molecule has 2 aliphatic heterocycles. The van der Waals surface area contributed by atoms with Gasteiger partial charge in [0, 0.05) is 39.0 Å². The van der Waals surface area contributed by atoms with E-state index in [1.807, 2.05) is 26.2 Å². The second-order valence-corrected chi connectivity index (χ2v) is 6.09. The Morgan fingerprint density at radius 1 is 0.952 bits per heavy atom. The molecule has 2 fully saturated rings. The van der Waals surface area contributed by atoms with Gasteiger partial charge in [-0.2, -0.15) is 0 Å². The summed E-state index contributed by atoms with van der Waals surface area (Å²) in [6, 6.07) is 1.23. The molecule has 2 bridgehead atoms. The topological polar surface area (TPSA) is 58.5 Å². The number of rotatable bonds is 4. The van der Waals surface area contributed by atoms with Crippen LogP contribution in [0.4, 0.5) is 0 Å². The second-order valence-electron chi connectivity index (χ2n) is 6.09. The van der Waals surface area contributed by atoms with Crippen LogP contribution < -0.4 is 0 Å². The molecule has 4 rings (SSSR count). The van der Waals surface area contributed by atoms with E-state index < -0.39 is 0 Å². The third-order valence-electron chi connectivity index (χ3n) is 4.52. The Morgan fingerprint density at radius 2 is 1.43 bits per heavy atom. The molecule has 6 nitrogen and oxygen atoms in total. The third kappa shape index (κ3) is 2.49. The second kappa shape index (κ2) is 4.96. The standard InChI is InChI=1S/C15H20N4O2/c1-10-16-4-14(20-10)8-18-6-13-3-12(18)7-19(13)9-15-5-17-11(2)21-15/h4-5,12-13H,3,6-9H2,1-2H3/t12-,13-/m0/s1. The fourth-order valence-electron chi connectivity index (χ4n) is 3.58. The van der Waals surface area contributed by atoms with Crippen molar-refractivity contribution in [1.29, 1.82) is 0 Å². The molecule has 2 aromatic heterocycles. The molecule has 2 atom stereocenters. The van der Waals surface area contributed by atoms with Crippen LogP contribution in [0.5, 0.6) is 0 Å². The molecule has 4 heterocycles. The van der Waals surface area contributed by atoms with Crippen LogP contribution >= 0.6 is 0 Å². The number of oxazole rings is 2. The normalized spacial score (nSPS) is 26.0. The summed E-state index contributed by atoms with van der Waals surface area (Å²) in [5.74, 6) is 3.43. The lowest BCUT2D eigenvalue weighted by Crippen LogP contribution is -2.45. The van der Waals surface area contributed by atoms with Crippen molar-refractivity contribution in [2.75, 3.05) is 13.1 Å². The smallest absolute Gasteiger partial charge is 0.191 e. The Labute approximate surface area is 123 Å². The molecule has 0 aliphatic carbocycles. The highest BCUT2D eigenvalue weighted by Gasteiger charge is 2.43. The van der Waals surface area contributed by atoms with Crippen molar-refractivity contribution in [2.24, 2.45) is 0 Å². The largest absolute Gasteiger partial charge is 0.445 e. The zero-order valence-corrected chi connectivity index (χ0v) is 12.5. The Balaban J connectivity index is 1.37. The van der Waals surface area contributed by atoms with Crippen molar-refractivity contribution in [3.8, 4) is 0 Å². The monoisotopic (exact) mass is 288 g/mol. The van der Waals surface area contributed by atoms with Gasteiger partial charge >= 0.3 is 0 Å². The maximum atomic E-state index is 5.59. The fourth-order valence-corrected chi connectivity index (χ4v) is 3.58. The minimum absolute atomic E-state index is 0.615. The molecule has 0 N–H and O–H groups in total. The summed E-state index contributed by atoms with van der Waals surface area (Å²) in [7, 11) is 0. The van der Waals surface area contributed by atoms with Crippen molar-refractivity contribution in [2.45, 2.75) is 45.4 Å². The minimum atomic E-state index is 0.615. The van der Waals surface area contributed by atoms with E-state index in [0.717, 1.165) is 49.5 Å². The summed E-state index contributed by atoms with van der Waals surface area (Å²) in [5, 5.41) is 0. The van der Waals surface area contributed by atoms with Gasteiger partial charge in [-0.3, -0.25) is 9.80 Å². The molecule has 21 heavy (non-hydrogen) atoms. The molecule has 0 radical (unpaired) electrons. The molecule has 6 heteroatoms. The molecular weight excluding hydrogens is 268 g/mol. The molecule has 2 saturated heterocycles. The number of aryl methyl sites for hydroxylation is 2. The third-order valence-corrected chi connectivity index (χ3v) is 4.52. The van der Waals surface area contributed by atoms with Crippen LogP contribution in [-0.2, 0) is 13.1 Å². The van der Waals surface area contributed by atoms with E-state index >= 15 is 0 Å². The van der Waals surface area contributed by atoms with Crippen LogP contribution in [0.1, 0.15) is 29.7 Å². The zero-order valence-electron chi connectivity index (χ0n) is 12.5. The fraction of sp³-hybridized carbons (Fsp3) is 0.600. The molecule has 0 amide bonds. The predicted octanol–water partition coefficient (Wildman–Crippen LogP) is 1.74. The molecule has 0 aromatic carbocycles. The van der Waals surface area contributed by atoms with Gasteiger partial charge in [0.1, 0.15) is 11.5 Å². The maximum absolute atomic E-state index is 5.59. The van der Waals surface area contributed by atoms with E-state index in [9.17, 15) is 0 Å². The van der Waals surface area contributed by atoms with E-state index in [-0.39, 0.29) is 0 Å². The van der Waals surface area contributed by atoms with Crippen LogP contribution in [0.25, 0.3) is 0 Å². The first kappa shape index (κ1) is 13.0. The van der Waals surface area contributed by atoms with E-state index in [1.54, 1.807) is 0 Å². The first-order chi connectivity index (χ1) is 10.2. The Kier molecular flexibility index (Phi) is 3.08. The van der Waals surface area contributed by atoms with Crippen LogP contribution in [0.3, 0.4) is 0 Å². The van der Waals surface area contributed by atoms with Crippen molar-refractivity contribution >= 4 is 0 Å². The van der Waals surface area contributed by atoms with Crippen LogP contribution in [0, 0.1) is 13.8 Å². The SMILES string of the molecule is Cc1ncc(CN2C[C@@H]3C[C@H]2CN3Cc2cnc(C)o2)o1. The summed E-state index contributed by atoms with van der Waals surface area (Å²) in [4.78, 5) is 13.4. The van der Waals surface area contributed by atoms with Gasteiger partial charge in [-0.1, -0.05) is 0 Å². The maximum Gasteiger partial charge on any atom is 0.191 e. The Morgan fingerprint density at radius 3 is 1.76 bits per heavy atom. The van der Waals surface area contributed by atoms with Gasteiger partial charge in [-0.25, -0.2) is 9.97 Å². The molecule has 0 spiro atoms. The van der Waals surface area contributed by atoms with E-state index in [1.165, 1.54) is 6.42 Å². The highest BCUT2D eigenvalue weighted by molar-refractivity contribution is 5.04. The van der Waals surface area contributed by atoms with Gasteiger partial charge in [0.2, 0.25) is 0 Å². The highest BCUT2D eigenvalue weighted by atomic mass is 16.4. The van der Waals surface area contributed by atoms with Crippen molar-refractivity contribution in [3.05, 3.63) is 35.7 Å². The molecule has 112 valence electrons. The lowest BCUT2D eigenvalue weighted by atomic mass is 10.2. The van der Waals surface area contributed by atoms with Crippen molar-refractivity contribution in [1.82, 2.24) is 19.8 Å². The molecular formula is C15H20N4O2. The molecule has 2 aliphatic rings. The van der Waals surface area contributed by atoms with Gasteiger partial charge in [0.15, 0.2) is 11.8 Å². The van der Waals surface area contributed by atoms with E-state index in [0.29, 0.717) is 12.1 Å². The minimum Gasteiger partial charge on any atom is -0.445 e. The number of likely N-dealkylation sites (tertiary alicyclic amines) is 2. The molecule has 0 saturated carbocycles. The summed E-state index contributed by atoms with van der Waals surface area (Å²) in [5.41, 5.74) is 0. The number of aromatic nitrogens is 2. The number of piperazine rings is 1. The number of hydrogen-bond donors (Lipinski definition) is 0. The van der Waals surface area contributed by atoms with Gasteiger partial charge in [-0.05, 0) is 6.42 Å². The van der Waals surface area contributed by atoms with Crippen LogP contribution in [-0.4, -0.2) is 44.9 Å². The van der Waals surface area contributed by atoms with E-state index in [2.05, 4.69) is 19.8 Å². The van der Waals surface area contributed by atoms with Crippen molar-refractivity contribution < 1.29 is 8.83 Å². The molecule has 0 unspecified atom stereocenters. The first-order valence-corrected chi connectivity index (χ1v) is 7.48. The van der Waals surface area contributed by atoms with Crippen LogP contribution in [0.15, 0.2) is 21.2 Å². The van der Waals surface area contributed by atoms with Gasteiger partial charge in [0.25, 0.3) is 0 Å². The Bertz CT molecular complexity index is 581. The van der Waals surface area contributed by atoms with Gasteiger partial charge in [-0.15, -0.1) is 0 Å². The van der Waals surface area contributed by atoms with E-state index in [4.69, 9.17) is 8.83 Å². The predicted molar refractivity (Wildman–Crippen MR) is 75.5 cm³/mol. The van der Waals surface area contributed by atoms with Crippen LogP contribution in [0.2, 0.25) is 0 Å². The van der Waals surface area contributed by atoms with Gasteiger partial charge < -0.3 is 8.83 Å². The summed E-state index contributed by atoms with van der Waals surface area (Å²) in [6.45, 7) is 7.71. The number of nitrogens with zero attached hydrogens (tertiary/aromatic N) is 4. The zero-order chi connectivity index (χ0) is 14.4.